The number of fused-ring (bicyclic) bond motifs is 1. The molecule has 2 aliphatic heterocycles. The monoisotopic (exact) mass is 377 g/mol. The van der Waals surface area contributed by atoms with Crippen molar-refractivity contribution in [3.63, 3.8) is 0 Å². The predicted octanol–water partition coefficient (Wildman–Crippen LogP) is 2.52. The van der Waals surface area contributed by atoms with Crippen molar-refractivity contribution in [2.24, 2.45) is 5.92 Å². The lowest BCUT2D eigenvalue weighted by atomic mass is 9.85. The van der Waals surface area contributed by atoms with E-state index in [1.165, 1.54) is 23.9 Å². The largest absolute Gasteiger partial charge is 0.298 e. The number of nitrogens with zero attached hydrogens (tertiary/aromatic N) is 3. The van der Waals surface area contributed by atoms with E-state index in [-0.39, 0.29) is 6.04 Å². The first kappa shape index (κ1) is 17.8. The molecule has 0 spiro atoms. The van der Waals surface area contributed by atoms with Crippen LogP contribution in [-0.2, 0) is 6.54 Å². The summed E-state index contributed by atoms with van der Waals surface area (Å²) >= 11 is 1.53. The van der Waals surface area contributed by atoms with Crippen LogP contribution in [0.4, 0.5) is 8.78 Å². The summed E-state index contributed by atoms with van der Waals surface area (Å²) in [5.41, 5.74) is 8.45. The number of benzene rings is 1. The van der Waals surface area contributed by atoms with Gasteiger partial charge in [-0.25, -0.2) is 24.2 Å². The maximum atomic E-state index is 13.6. The normalized spacial score (nSPS) is 26.0. The summed E-state index contributed by atoms with van der Waals surface area (Å²) < 4.78 is 26.9. The van der Waals surface area contributed by atoms with E-state index in [4.69, 9.17) is 0 Å². The Balaban J connectivity index is 1.46. The van der Waals surface area contributed by atoms with Gasteiger partial charge in [0.15, 0.2) is 16.8 Å². The second-order valence-corrected chi connectivity index (χ2v) is 7.59. The van der Waals surface area contributed by atoms with Crippen LogP contribution in [0.1, 0.15) is 23.6 Å². The Morgan fingerprint density at radius 1 is 1.19 bits per heavy atom. The van der Waals surface area contributed by atoms with Crippen molar-refractivity contribution in [1.82, 2.24) is 25.7 Å². The van der Waals surface area contributed by atoms with E-state index in [1.807, 2.05) is 18.6 Å². The lowest BCUT2D eigenvalue weighted by Gasteiger charge is -2.36. The Kier molecular flexibility index (Phi) is 5.17. The summed E-state index contributed by atoms with van der Waals surface area (Å²) in [7, 11) is 0. The minimum Gasteiger partial charge on any atom is -0.298 e. The third-order valence-corrected chi connectivity index (χ3v) is 5.74. The zero-order valence-corrected chi connectivity index (χ0v) is 15.3. The number of rotatable bonds is 4. The summed E-state index contributed by atoms with van der Waals surface area (Å²) in [4.78, 5) is 11.0. The van der Waals surface area contributed by atoms with Crippen LogP contribution in [0.3, 0.4) is 0 Å². The molecule has 2 N–H and O–H groups in total. The molecule has 2 fully saturated rings. The van der Waals surface area contributed by atoms with E-state index in [9.17, 15) is 8.78 Å². The van der Waals surface area contributed by atoms with Gasteiger partial charge in [-0.2, -0.15) is 0 Å². The number of piperidine rings is 1. The van der Waals surface area contributed by atoms with Gasteiger partial charge in [0.1, 0.15) is 0 Å². The first-order chi connectivity index (χ1) is 12.6. The molecule has 26 heavy (non-hydrogen) atoms. The van der Waals surface area contributed by atoms with Crippen LogP contribution < -0.4 is 10.9 Å². The van der Waals surface area contributed by atoms with Crippen molar-refractivity contribution in [2.45, 2.75) is 30.2 Å². The molecule has 0 amide bonds. The second kappa shape index (κ2) is 7.56. The third kappa shape index (κ3) is 3.59. The van der Waals surface area contributed by atoms with E-state index >= 15 is 0 Å². The van der Waals surface area contributed by atoms with E-state index in [0.29, 0.717) is 12.0 Å². The molecule has 3 heterocycles. The van der Waals surface area contributed by atoms with Crippen molar-refractivity contribution in [3.05, 3.63) is 53.4 Å². The molecule has 3 unspecified atom stereocenters. The zero-order chi connectivity index (χ0) is 18.1. The Hall–Kier alpha value is -1.61. The highest BCUT2D eigenvalue weighted by Gasteiger charge is 2.40. The summed E-state index contributed by atoms with van der Waals surface area (Å²) in [6, 6.07) is 4.46. The minimum atomic E-state index is -0.810. The SMILES string of the molecule is CSc1ncc(CN2CCC3NNC(c4ccc(F)c(F)c4)C3C2)cn1. The maximum Gasteiger partial charge on any atom is 0.187 e. The molecule has 5 nitrogen and oxygen atoms in total. The number of halogens is 2. The van der Waals surface area contributed by atoms with Gasteiger partial charge in [0, 0.05) is 49.6 Å². The highest BCUT2D eigenvalue weighted by molar-refractivity contribution is 7.98. The van der Waals surface area contributed by atoms with Gasteiger partial charge in [-0.1, -0.05) is 17.8 Å². The standard InChI is InChI=1S/C18H21F2N5S/c1-26-18-21-7-11(8-22-18)9-25-5-4-16-13(10-25)17(24-23-16)12-2-3-14(19)15(20)6-12/h2-3,6-8,13,16-17,23-24H,4-5,9-10H2,1H3. The van der Waals surface area contributed by atoms with Crippen LogP contribution >= 0.6 is 11.8 Å². The fraction of sp³-hybridized carbons (Fsp3) is 0.444. The Morgan fingerprint density at radius 3 is 2.73 bits per heavy atom. The second-order valence-electron chi connectivity index (χ2n) is 6.81. The number of thioether (sulfide) groups is 1. The minimum absolute atomic E-state index is 0.0342. The Labute approximate surface area is 155 Å². The van der Waals surface area contributed by atoms with Crippen molar-refractivity contribution in [1.29, 1.82) is 0 Å². The molecule has 1 aromatic carbocycles. The van der Waals surface area contributed by atoms with Crippen LogP contribution in [0.25, 0.3) is 0 Å². The molecule has 0 saturated carbocycles. The molecule has 3 atom stereocenters. The molecule has 4 rings (SSSR count). The lowest BCUT2D eigenvalue weighted by molar-refractivity contribution is 0.148. The smallest absolute Gasteiger partial charge is 0.187 e. The zero-order valence-electron chi connectivity index (χ0n) is 14.5. The summed E-state index contributed by atoms with van der Waals surface area (Å²) in [6.07, 6.45) is 6.71. The van der Waals surface area contributed by atoms with Gasteiger partial charge in [0.2, 0.25) is 0 Å². The van der Waals surface area contributed by atoms with Crippen LogP contribution in [0, 0.1) is 17.6 Å². The topological polar surface area (TPSA) is 53.1 Å². The average molecular weight is 377 g/mol. The van der Waals surface area contributed by atoms with Crippen molar-refractivity contribution in [3.8, 4) is 0 Å². The van der Waals surface area contributed by atoms with Crippen LogP contribution in [0.5, 0.6) is 0 Å². The molecule has 2 aromatic rings. The maximum absolute atomic E-state index is 13.6. The number of nitrogens with one attached hydrogen (secondary N) is 2. The summed E-state index contributed by atoms with van der Waals surface area (Å²) in [6.45, 7) is 2.64. The highest BCUT2D eigenvalue weighted by Crippen LogP contribution is 2.34. The number of hydrazine groups is 1. The Bertz CT molecular complexity index is 773. The molecule has 2 aliphatic rings. The van der Waals surface area contributed by atoms with Gasteiger partial charge in [-0.15, -0.1) is 0 Å². The molecule has 0 bridgehead atoms. The number of aromatic nitrogens is 2. The van der Waals surface area contributed by atoms with Crippen LogP contribution in [-0.4, -0.2) is 40.3 Å². The van der Waals surface area contributed by atoms with Crippen molar-refractivity contribution >= 4 is 11.8 Å². The number of hydrogen-bond acceptors (Lipinski definition) is 6. The van der Waals surface area contributed by atoms with Gasteiger partial charge in [-0.05, 0) is 30.4 Å². The molecule has 0 radical (unpaired) electrons. The van der Waals surface area contributed by atoms with Crippen molar-refractivity contribution in [2.75, 3.05) is 19.3 Å². The van der Waals surface area contributed by atoms with Crippen LogP contribution in [0.2, 0.25) is 0 Å². The fourth-order valence-corrected chi connectivity index (χ4v) is 4.16. The first-order valence-corrected chi connectivity index (χ1v) is 9.90. The van der Waals surface area contributed by atoms with E-state index < -0.39 is 11.6 Å². The molecular formula is C18H21F2N5S. The van der Waals surface area contributed by atoms with Gasteiger partial charge in [0.05, 0.1) is 6.04 Å². The molecular weight excluding hydrogens is 356 g/mol. The Morgan fingerprint density at radius 2 is 2.00 bits per heavy atom. The molecule has 138 valence electrons. The number of hydrogen-bond donors (Lipinski definition) is 2. The van der Waals surface area contributed by atoms with E-state index in [1.54, 1.807) is 6.07 Å². The van der Waals surface area contributed by atoms with E-state index in [2.05, 4.69) is 25.7 Å². The van der Waals surface area contributed by atoms with E-state index in [0.717, 1.165) is 42.3 Å². The van der Waals surface area contributed by atoms with Gasteiger partial charge in [-0.3, -0.25) is 10.3 Å². The molecule has 2 saturated heterocycles. The average Bonchev–Trinajstić information content (AvgIpc) is 3.08. The third-order valence-electron chi connectivity index (χ3n) is 5.17. The van der Waals surface area contributed by atoms with Gasteiger partial charge >= 0.3 is 0 Å². The number of likely N-dealkylation sites (tertiary alicyclic amines) is 1. The summed E-state index contributed by atoms with van der Waals surface area (Å²) in [5, 5.41) is 0.773. The highest BCUT2D eigenvalue weighted by atomic mass is 32.2. The summed E-state index contributed by atoms with van der Waals surface area (Å²) in [5.74, 6) is -1.32. The lowest BCUT2D eigenvalue weighted by Crippen LogP contribution is -2.45. The van der Waals surface area contributed by atoms with Crippen LogP contribution in [0.15, 0.2) is 35.7 Å². The first-order valence-electron chi connectivity index (χ1n) is 8.67. The quantitative estimate of drug-likeness (QED) is 0.631. The fourth-order valence-electron chi connectivity index (χ4n) is 3.84. The van der Waals surface area contributed by atoms with Crippen molar-refractivity contribution < 1.29 is 8.78 Å². The molecule has 0 aliphatic carbocycles. The van der Waals surface area contributed by atoms with Gasteiger partial charge in [0.25, 0.3) is 0 Å². The molecule has 8 heteroatoms. The van der Waals surface area contributed by atoms with Gasteiger partial charge < -0.3 is 0 Å². The molecule has 1 aromatic heterocycles. The predicted molar refractivity (Wildman–Crippen MR) is 96.4 cm³/mol.